The Morgan fingerprint density at radius 3 is 2.67 bits per heavy atom. The first kappa shape index (κ1) is 21.4. The zero-order valence-corrected chi connectivity index (χ0v) is 17.0. The Bertz CT molecular complexity index is 1070. The van der Waals surface area contributed by atoms with E-state index in [2.05, 4.69) is 20.8 Å². The van der Waals surface area contributed by atoms with Crippen molar-refractivity contribution in [2.45, 2.75) is 24.6 Å². The molecular formula is C20H18F2N4O3S. The summed E-state index contributed by atoms with van der Waals surface area (Å²) < 4.78 is 31.3. The maximum absolute atomic E-state index is 13.2. The fraction of sp³-hybridized carbons (Fsp3) is 0.200. The summed E-state index contributed by atoms with van der Waals surface area (Å²) in [5.74, 6) is -1.93. The van der Waals surface area contributed by atoms with E-state index in [4.69, 9.17) is 4.52 Å². The Kier molecular flexibility index (Phi) is 6.78. The monoisotopic (exact) mass is 432 g/mol. The minimum Gasteiger partial charge on any atom is -0.361 e. The van der Waals surface area contributed by atoms with E-state index in [0.717, 1.165) is 23.4 Å². The molecule has 0 unspecified atom stereocenters. The van der Waals surface area contributed by atoms with Gasteiger partial charge in [0.25, 0.3) is 5.91 Å². The molecule has 0 aliphatic carbocycles. The molecule has 1 aromatic carbocycles. The number of thioether (sulfide) groups is 1. The highest BCUT2D eigenvalue weighted by Gasteiger charge is 2.16. The lowest BCUT2D eigenvalue weighted by molar-refractivity contribution is -0.115. The number of carbonyl (C=O) groups is 2. The Hall–Kier alpha value is -3.27. The van der Waals surface area contributed by atoms with E-state index in [9.17, 15) is 18.4 Å². The maximum Gasteiger partial charge on any atom is 0.254 e. The van der Waals surface area contributed by atoms with Gasteiger partial charge < -0.3 is 15.2 Å². The van der Waals surface area contributed by atoms with Crippen LogP contribution in [-0.4, -0.2) is 28.5 Å². The molecule has 0 radical (unpaired) electrons. The van der Waals surface area contributed by atoms with Gasteiger partial charge in [0.15, 0.2) is 11.6 Å². The molecule has 0 saturated heterocycles. The van der Waals surface area contributed by atoms with Crippen molar-refractivity contribution in [3.63, 3.8) is 0 Å². The van der Waals surface area contributed by atoms with E-state index >= 15 is 0 Å². The Morgan fingerprint density at radius 1 is 1.17 bits per heavy atom. The van der Waals surface area contributed by atoms with Gasteiger partial charge in [-0.3, -0.25) is 9.59 Å². The molecule has 30 heavy (non-hydrogen) atoms. The smallest absolute Gasteiger partial charge is 0.254 e. The van der Waals surface area contributed by atoms with Gasteiger partial charge in [0.1, 0.15) is 10.8 Å². The number of hydrogen-bond donors (Lipinski definition) is 2. The number of halogens is 2. The molecular weight excluding hydrogens is 414 g/mol. The van der Waals surface area contributed by atoms with Gasteiger partial charge in [0, 0.05) is 29.3 Å². The van der Waals surface area contributed by atoms with Gasteiger partial charge in [-0.15, -0.1) is 11.8 Å². The zero-order chi connectivity index (χ0) is 21.7. The molecule has 0 atom stereocenters. The normalized spacial score (nSPS) is 10.7. The fourth-order valence-corrected chi connectivity index (χ4v) is 3.71. The van der Waals surface area contributed by atoms with Crippen LogP contribution in [0.2, 0.25) is 0 Å². The van der Waals surface area contributed by atoms with Crippen molar-refractivity contribution in [1.29, 1.82) is 0 Å². The van der Waals surface area contributed by atoms with Crippen LogP contribution in [-0.2, 0) is 10.5 Å². The summed E-state index contributed by atoms with van der Waals surface area (Å²) >= 11 is 1.35. The molecule has 0 aliphatic heterocycles. The third-order valence-electron chi connectivity index (χ3n) is 4.16. The van der Waals surface area contributed by atoms with Crippen LogP contribution in [0, 0.1) is 25.5 Å². The van der Waals surface area contributed by atoms with Crippen molar-refractivity contribution in [3.8, 4) is 0 Å². The summed E-state index contributed by atoms with van der Waals surface area (Å²) in [5, 5.41) is 9.29. The second-order valence-electron chi connectivity index (χ2n) is 6.31. The molecule has 2 aromatic heterocycles. The third-order valence-corrected chi connectivity index (χ3v) is 5.19. The van der Waals surface area contributed by atoms with Gasteiger partial charge in [-0.1, -0.05) is 5.16 Å². The molecule has 0 bridgehead atoms. The van der Waals surface area contributed by atoms with Crippen molar-refractivity contribution in [2.75, 3.05) is 11.9 Å². The molecule has 0 aliphatic rings. The predicted octanol–water partition coefficient (Wildman–Crippen LogP) is 3.63. The summed E-state index contributed by atoms with van der Waals surface area (Å²) in [6.45, 7) is 3.30. The topological polar surface area (TPSA) is 97.1 Å². The number of hydrogen-bond acceptors (Lipinski definition) is 6. The van der Waals surface area contributed by atoms with Crippen LogP contribution in [0.3, 0.4) is 0 Å². The second kappa shape index (κ2) is 9.49. The van der Waals surface area contributed by atoms with Crippen LogP contribution in [0.5, 0.6) is 0 Å². The number of amides is 2. The molecule has 10 heteroatoms. The Morgan fingerprint density at radius 2 is 1.97 bits per heavy atom. The Labute approximate surface area is 175 Å². The number of aromatic nitrogens is 2. The lowest BCUT2D eigenvalue weighted by Gasteiger charge is -2.10. The van der Waals surface area contributed by atoms with Crippen LogP contribution in [0.25, 0.3) is 0 Å². The summed E-state index contributed by atoms with van der Waals surface area (Å²) in [6, 6.07) is 6.21. The van der Waals surface area contributed by atoms with Crippen molar-refractivity contribution < 1.29 is 22.9 Å². The van der Waals surface area contributed by atoms with Crippen LogP contribution in [0.1, 0.15) is 27.4 Å². The molecule has 0 fully saturated rings. The maximum atomic E-state index is 13.2. The minimum atomic E-state index is -1.08. The van der Waals surface area contributed by atoms with E-state index in [1.165, 1.54) is 17.8 Å². The number of aryl methyl sites for hydroxylation is 2. The van der Waals surface area contributed by atoms with Gasteiger partial charge in [-0.25, -0.2) is 13.8 Å². The zero-order valence-electron chi connectivity index (χ0n) is 16.2. The number of carbonyl (C=O) groups excluding carboxylic acids is 2. The highest BCUT2D eigenvalue weighted by atomic mass is 32.2. The van der Waals surface area contributed by atoms with Crippen LogP contribution < -0.4 is 10.6 Å². The van der Waals surface area contributed by atoms with E-state index in [1.807, 2.05) is 13.8 Å². The SMILES string of the molecule is Cc1noc(C)c1CSc1ncccc1C(=O)NCC(=O)Nc1ccc(F)c(F)c1. The number of rotatable bonds is 7. The molecule has 156 valence electrons. The summed E-state index contributed by atoms with van der Waals surface area (Å²) in [5.41, 5.74) is 2.11. The standard InChI is InChI=1S/C20H18F2N4O3S/c1-11-15(12(2)29-26-11)10-30-20-14(4-3-7-23-20)19(28)24-9-18(27)25-13-5-6-16(21)17(22)8-13/h3-8H,9-10H2,1-2H3,(H,24,28)(H,25,27). The van der Waals surface area contributed by atoms with Crippen molar-refractivity contribution in [2.24, 2.45) is 0 Å². The molecule has 0 saturated carbocycles. The number of nitrogens with one attached hydrogen (secondary N) is 2. The lowest BCUT2D eigenvalue weighted by atomic mass is 10.2. The summed E-state index contributed by atoms with van der Waals surface area (Å²) in [4.78, 5) is 28.8. The minimum absolute atomic E-state index is 0.0882. The van der Waals surface area contributed by atoms with E-state index in [1.54, 1.807) is 18.3 Å². The summed E-state index contributed by atoms with van der Waals surface area (Å²) in [6.07, 6.45) is 1.57. The molecule has 2 amide bonds. The number of nitrogens with zero attached hydrogens (tertiary/aromatic N) is 2. The molecule has 0 spiro atoms. The first-order chi connectivity index (χ1) is 14.3. The van der Waals surface area contributed by atoms with Gasteiger partial charge in [-0.2, -0.15) is 0 Å². The molecule has 3 aromatic rings. The fourth-order valence-electron chi connectivity index (χ4n) is 2.56. The van der Waals surface area contributed by atoms with Crippen LogP contribution in [0.15, 0.2) is 46.1 Å². The van der Waals surface area contributed by atoms with Crippen LogP contribution in [0.4, 0.5) is 14.5 Å². The number of anilines is 1. The van der Waals surface area contributed by atoms with Gasteiger partial charge in [0.2, 0.25) is 5.91 Å². The highest BCUT2D eigenvalue weighted by molar-refractivity contribution is 7.98. The second-order valence-corrected chi connectivity index (χ2v) is 7.27. The first-order valence-corrected chi connectivity index (χ1v) is 9.86. The first-order valence-electron chi connectivity index (χ1n) is 8.88. The van der Waals surface area contributed by atoms with Gasteiger partial charge in [-0.05, 0) is 38.1 Å². The molecule has 2 N–H and O–H groups in total. The Balaban J connectivity index is 1.60. The van der Waals surface area contributed by atoms with E-state index < -0.39 is 23.4 Å². The van der Waals surface area contributed by atoms with Crippen molar-refractivity contribution in [1.82, 2.24) is 15.5 Å². The van der Waals surface area contributed by atoms with Crippen molar-refractivity contribution >= 4 is 29.3 Å². The summed E-state index contributed by atoms with van der Waals surface area (Å²) in [7, 11) is 0. The average molecular weight is 432 g/mol. The van der Waals surface area contributed by atoms with E-state index in [0.29, 0.717) is 22.1 Å². The largest absolute Gasteiger partial charge is 0.361 e. The lowest BCUT2D eigenvalue weighted by Crippen LogP contribution is -2.33. The number of pyridine rings is 1. The third kappa shape index (κ3) is 5.20. The number of benzene rings is 1. The highest BCUT2D eigenvalue weighted by Crippen LogP contribution is 2.27. The van der Waals surface area contributed by atoms with Gasteiger partial charge >= 0.3 is 0 Å². The molecule has 7 nitrogen and oxygen atoms in total. The van der Waals surface area contributed by atoms with Crippen LogP contribution >= 0.6 is 11.8 Å². The molecule has 2 heterocycles. The van der Waals surface area contributed by atoms with Gasteiger partial charge in [0.05, 0.1) is 17.8 Å². The predicted molar refractivity (Wildman–Crippen MR) is 107 cm³/mol. The average Bonchev–Trinajstić information content (AvgIpc) is 3.05. The molecule has 3 rings (SSSR count). The quantitative estimate of drug-likeness (QED) is 0.554. The van der Waals surface area contributed by atoms with E-state index in [-0.39, 0.29) is 12.2 Å². The van der Waals surface area contributed by atoms with Crippen molar-refractivity contribution in [3.05, 3.63) is 70.7 Å².